The van der Waals surface area contributed by atoms with Gasteiger partial charge in [-0.3, -0.25) is 4.79 Å². The molecular weight excluding hydrogens is 307 g/mol. The van der Waals surface area contributed by atoms with E-state index in [-0.39, 0.29) is 11.7 Å². The number of carbonyl (C=O) groups excluding carboxylic acids is 1. The number of rotatable bonds is 3. The molecule has 1 aromatic carbocycles. The molecule has 0 spiro atoms. The molecule has 1 unspecified atom stereocenters. The first kappa shape index (κ1) is 12.3. The summed E-state index contributed by atoms with van der Waals surface area (Å²) in [6, 6.07) is 6.22. The molecule has 0 radical (unpaired) electrons. The summed E-state index contributed by atoms with van der Waals surface area (Å²) in [5.74, 6) is 0.166. The summed E-state index contributed by atoms with van der Waals surface area (Å²) < 4.78 is 4.62. The van der Waals surface area contributed by atoms with Crippen LogP contribution in [0.4, 0.5) is 0 Å². The standard InChI is InChI=1S/C11H13IO3/c1-3-11(2,12)10(14)15-9-6-4-5-8(13)7-9/h4-7,13H,3H2,1-2H3. The zero-order valence-electron chi connectivity index (χ0n) is 8.66. The van der Waals surface area contributed by atoms with Gasteiger partial charge in [0.05, 0.1) is 0 Å². The minimum atomic E-state index is -0.525. The second kappa shape index (κ2) is 4.83. The van der Waals surface area contributed by atoms with Crippen LogP contribution in [-0.2, 0) is 4.79 Å². The van der Waals surface area contributed by atoms with Gasteiger partial charge in [0.15, 0.2) is 0 Å². The van der Waals surface area contributed by atoms with Gasteiger partial charge in [-0.25, -0.2) is 0 Å². The molecule has 0 fully saturated rings. The van der Waals surface area contributed by atoms with Gasteiger partial charge in [-0.1, -0.05) is 35.6 Å². The molecule has 15 heavy (non-hydrogen) atoms. The maximum Gasteiger partial charge on any atom is 0.327 e. The first-order chi connectivity index (χ1) is 6.95. The molecule has 0 bridgehead atoms. The molecule has 0 saturated heterocycles. The molecule has 0 aliphatic carbocycles. The van der Waals surface area contributed by atoms with E-state index in [9.17, 15) is 9.90 Å². The van der Waals surface area contributed by atoms with Crippen LogP contribution in [0.25, 0.3) is 0 Å². The van der Waals surface area contributed by atoms with Crippen LogP contribution in [0.5, 0.6) is 11.5 Å². The summed E-state index contributed by atoms with van der Waals surface area (Å²) in [5.41, 5.74) is 0. The van der Waals surface area contributed by atoms with Crippen molar-refractivity contribution in [1.82, 2.24) is 0 Å². The molecule has 3 nitrogen and oxygen atoms in total. The lowest BCUT2D eigenvalue weighted by atomic mass is 10.1. The molecule has 0 aliphatic rings. The van der Waals surface area contributed by atoms with Crippen LogP contribution in [0.1, 0.15) is 20.3 Å². The van der Waals surface area contributed by atoms with Crippen molar-refractivity contribution in [3.8, 4) is 11.5 Å². The third kappa shape index (κ3) is 3.37. The van der Waals surface area contributed by atoms with Crippen molar-refractivity contribution in [2.45, 2.75) is 23.7 Å². The first-order valence-electron chi connectivity index (χ1n) is 4.66. The Morgan fingerprint density at radius 3 is 2.80 bits per heavy atom. The molecule has 0 aliphatic heterocycles. The number of carbonyl (C=O) groups is 1. The first-order valence-corrected chi connectivity index (χ1v) is 5.74. The molecule has 0 aromatic heterocycles. The number of esters is 1. The molecule has 0 heterocycles. The number of benzene rings is 1. The van der Waals surface area contributed by atoms with E-state index in [0.29, 0.717) is 12.2 Å². The molecule has 1 rings (SSSR count). The van der Waals surface area contributed by atoms with Gasteiger partial charge < -0.3 is 9.84 Å². The van der Waals surface area contributed by atoms with Crippen molar-refractivity contribution >= 4 is 28.6 Å². The molecule has 82 valence electrons. The fraction of sp³-hybridized carbons (Fsp3) is 0.364. The molecule has 0 saturated carbocycles. The Bertz CT molecular complexity index is 361. The zero-order valence-corrected chi connectivity index (χ0v) is 10.8. The van der Waals surface area contributed by atoms with Gasteiger partial charge in [-0.2, -0.15) is 0 Å². The summed E-state index contributed by atoms with van der Waals surface area (Å²) in [5, 5.41) is 9.19. The Morgan fingerprint density at radius 1 is 1.60 bits per heavy atom. The molecule has 1 aromatic rings. The fourth-order valence-electron chi connectivity index (χ4n) is 0.905. The van der Waals surface area contributed by atoms with Crippen molar-refractivity contribution in [2.75, 3.05) is 0 Å². The van der Waals surface area contributed by atoms with Crippen LogP contribution in [0, 0.1) is 0 Å². The normalized spacial score (nSPS) is 14.3. The van der Waals surface area contributed by atoms with E-state index in [2.05, 4.69) is 22.6 Å². The van der Waals surface area contributed by atoms with Gasteiger partial charge in [0, 0.05) is 6.07 Å². The number of halogens is 1. The third-order valence-corrected chi connectivity index (χ3v) is 3.32. The minimum Gasteiger partial charge on any atom is -0.508 e. The van der Waals surface area contributed by atoms with Gasteiger partial charge in [0.25, 0.3) is 0 Å². The number of phenols is 1. The van der Waals surface area contributed by atoms with Crippen molar-refractivity contribution in [3.05, 3.63) is 24.3 Å². The maximum absolute atomic E-state index is 11.7. The van der Waals surface area contributed by atoms with E-state index in [1.165, 1.54) is 12.1 Å². The van der Waals surface area contributed by atoms with Crippen molar-refractivity contribution in [2.24, 2.45) is 0 Å². The highest BCUT2D eigenvalue weighted by Crippen LogP contribution is 2.26. The van der Waals surface area contributed by atoms with E-state index in [0.717, 1.165) is 0 Å². The van der Waals surface area contributed by atoms with Crippen LogP contribution in [-0.4, -0.2) is 14.5 Å². The summed E-state index contributed by atoms with van der Waals surface area (Å²) >= 11 is 2.06. The molecule has 4 heteroatoms. The average Bonchev–Trinajstić information content (AvgIpc) is 2.17. The maximum atomic E-state index is 11.7. The van der Waals surface area contributed by atoms with Crippen LogP contribution >= 0.6 is 22.6 Å². The predicted octanol–water partition coefficient (Wildman–Crippen LogP) is 2.90. The molecule has 1 N–H and O–H groups in total. The highest BCUT2D eigenvalue weighted by atomic mass is 127. The highest BCUT2D eigenvalue weighted by molar-refractivity contribution is 14.1. The van der Waals surface area contributed by atoms with Crippen LogP contribution in [0.15, 0.2) is 24.3 Å². The van der Waals surface area contributed by atoms with Gasteiger partial charge in [0.2, 0.25) is 0 Å². The fourth-order valence-corrected chi connectivity index (χ4v) is 1.01. The highest BCUT2D eigenvalue weighted by Gasteiger charge is 2.29. The number of ether oxygens (including phenoxy) is 1. The van der Waals surface area contributed by atoms with Crippen molar-refractivity contribution < 1.29 is 14.6 Å². The average molecular weight is 320 g/mol. The smallest absolute Gasteiger partial charge is 0.327 e. The van der Waals surface area contributed by atoms with Gasteiger partial charge in [0.1, 0.15) is 14.9 Å². The lowest BCUT2D eigenvalue weighted by molar-refractivity contribution is -0.136. The molecular formula is C11H13IO3. The van der Waals surface area contributed by atoms with Gasteiger partial charge >= 0.3 is 5.97 Å². The monoisotopic (exact) mass is 320 g/mol. The lowest BCUT2D eigenvalue weighted by Crippen LogP contribution is -2.31. The Balaban J connectivity index is 2.75. The lowest BCUT2D eigenvalue weighted by Gasteiger charge is -2.18. The van der Waals surface area contributed by atoms with E-state index in [4.69, 9.17) is 4.74 Å². The van der Waals surface area contributed by atoms with E-state index in [1.54, 1.807) is 12.1 Å². The van der Waals surface area contributed by atoms with Gasteiger partial charge in [-0.05, 0) is 25.5 Å². The topological polar surface area (TPSA) is 46.5 Å². The molecule has 1 atom stereocenters. The van der Waals surface area contributed by atoms with Crippen LogP contribution in [0.2, 0.25) is 0 Å². The molecule has 0 amide bonds. The Labute approximate surface area is 103 Å². The Kier molecular flexibility index (Phi) is 3.96. The van der Waals surface area contributed by atoms with Gasteiger partial charge in [-0.15, -0.1) is 0 Å². The second-order valence-electron chi connectivity index (χ2n) is 3.44. The van der Waals surface area contributed by atoms with E-state index < -0.39 is 3.42 Å². The largest absolute Gasteiger partial charge is 0.508 e. The Morgan fingerprint density at radius 2 is 2.27 bits per heavy atom. The number of hydrogen-bond acceptors (Lipinski definition) is 3. The van der Waals surface area contributed by atoms with E-state index >= 15 is 0 Å². The van der Waals surface area contributed by atoms with Crippen molar-refractivity contribution in [3.63, 3.8) is 0 Å². The summed E-state index contributed by atoms with van der Waals surface area (Å²) in [7, 11) is 0. The zero-order chi connectivity index (χ0) is 11.5. The quantitative estimate of drug-likeness (QED) is 0.403. The number of alkyl halides is 1. The van der Waals surface area contributed by atoms with E-state index in [1.807, 2.05) is 13.8 Å². The predicted molar refractivity (Wildman–Crippen MR) is 66.5 cm³/mol. The Hall–Kier alpha value is -0.780. The van der Waals surface area contributed by atoms with Crippen molar-refractivity contribution in [1.29, 1.82) is 0 Å². The second-order valence-corrected chi connectivity index (χ2v) is 5.82. The van der Waals surface area contributed by atoms with Crippen LogP contribution < -0.4 is 4.74 Å². The number of phenolic OH excluding ortho intramolecular Hbond substituents is 1. The van der Waals surface area contributed by atoms with Crippen LogP contribution in [0.3, 0.4) is 0 Å². The summed E-state index contributed by atoms with van der Waals surface area (Å²) in [6.07, 6.45) is 0.700. The SMILES string of the molecule is CCC(C)(I)C(=O)Oc1cccc(O)c1. The number of aromatic hydroxyl groups is 1. The summed E-state index contributed by atoms with van der Waals surface area (Å²) in [6.45, 7) is 3.74. The third-order valence-electron chi connectivity index (χ3n) is 2.12. The number of hydrogen-bond donors (Lipinski definition) is 1. The summed E-state index contributed by atoms with van der Waals surface area (Å²) in [4.78, 5) is 11.7. The minimum absolute atomic E-state index is 0.0898.